The van der Waals surface area contributed by atoms with Gasteiger partial charge in [0, 0.05) is 30.2 Å². The number of benzene rings is 1. The highest BCUT2D eigenvalue weighted by atomic mass is 16.2. The zero-order valence-corrected chi connectivity index (χ0v) is 12.7. The maximum atomic E-state index is 12.1. The molecule has 0 saturated carbocycles. The fourth-order valence-corrected chi connectivity index (χ4v) is 2.96. The number of hydrogen-bond donors (Lipinski definition) is 3. The van der Waals surface area contributed by atoms with E-state index in [-0.39, 0.29) is 11.8 Å². The standard InChI is InChI=1S/C17H21N3O2/c1-11-4-5-15-14(9-11)12(10-20-15)6-8-19-17(22)13-3-2-7-18-16(13)21/h4-5,9-10,13,20H,2-3,6-8H2,1H3,(H,18,21)(H,19,22). The van der Waals surface area contributed by atoms with Crippen LogP contribution in [0.3, 0.4) is 0 Å². The number of H-pyrrole nitrogens is 1. The number of aryl methyl sites for hydroxylation is 1. The molecular weight excluding hydrogens is 278 g/mol. The molecular formula is C17H21N3O2. The van der Waals surface area contributed by atoms with Gasteiger partial charge in [-0.2, -0.15) is 0 Å². The Bertz CT molecular complexity index is 705. The SMILES string of the molecule is Cc1ccc2[nH]cc(CCNC(=O)C3CCCNC3=O)c2c1. The highest BCUT2D eigenvalue weighted by molar-refractivity contribution is 6.00. The highest BCUT2D eigenvalue weighted by Gasteiger charge is 2.28. The van der Waals surface area contributed by atoms with Gasteiger partial charge in [-0.25, -0.2) is 0 Å². The second-order valence-electron chi connectivity index (χ2n) is 5.89. The number of fused-ring (bicyclic) bond motifs is 1. The molecule has 1 aliphatic rings. The summed E-state index contributed by atoms with van der Waals surface area (Å²) in [5.41, 5.74) is 3.52. The molecule has 1 aromatic heterocycles. The van der Waals surface area contributed by atoms with Gasteiger partial charge in [-0.3, -0.25) is 9.59 Å². The van der Waals surface area contributed by atoms with E-state index < -0.39 is 5.92 Å². The van der Waals surface area contributed by atoms with Gasteiger partial charge in [0.25, 0.3) is 0 Å². The van der Waals surface area contributed by atoms with Crippen molar-refractivity contribution in [2.75, 3.05) is 13.1 Å². The van der Waals surface area contributed by atoms with Gasteiger partial charge in [-0.15, -0.1) is 0 Å². The van der Waals surface area contributed by atoms with Crippen LogP contribution in [0.2, 0.25) is 0 Å². The van der Waals surface area contributed by atoms with E-state index in [0.29, 0.717) is 19.5 Å². The first-order valence-corrected chi connectivity index (χ1v) is 7.77. The van der Waals surface area contributed by atoms with Crippen molar-refractivity contribution in [3.05, 3.63) is 35.5 Å². The number of carbonyl (C=O) groups excluding carboxylic acids is 2. The predicted molar refractivity (Wildman–Crippen MR) is 85.5 cm³/mol. The lowest BCUT2D eigenvalue weighted by Crippen LogP contribution is -2.45. The second-order valence-corrected chi connectivity index (χ2v) is 5.89. The molecule has 22 heavy (non-hydrogen) atoms. The number of nitrogens with one attached hydrogen (secondary N) is 3. The molecule has 0 bridgehead atoms. The molecule has 3 rings (SSSR count). The highest BCUT2D eigenvalue weighted by Crippen LogP contribution is 2.20. The molecule has 1 unspecified atom stereocenters. The number of aromatic amines is 1. The summed E-state index contributed by atoms with van der Waals surface area (Å²) in [5.74, 6) is -0.835. The van der Waals surface area contributed by atoms with Crippen LogP contribution in [-0.4, -0.2) is 29.9 Å². The summed E-state index contributed by atoms with van der Waals surface area (Å²) in [4.78, 5) is 27.0. The van der Waals surface area contributed by atoms with Crippen molar-refractivity contribution in [2.24, 2.45) is 5.92 Å². The lowest BCUT2D eigenvalue weighted by Gasteiger charge is -2.20. The minimum absolute atomic E-state index is 0.147. The molecule has 0 spiro atoms. The van der Waals surface area contributed by atoms with Crippen LogP contribution in [0.5, 0.6) is 0 Å². The Hall–Kier alpha value is -2.30. The maximum Gasteiger partial charge on any atom is 0.232 e. The van der Waals surface area contributed by atoms with Crippen LogP contribution in [0.25, 0.3) is 10.9 Å². The van der Waals surface area contributed by atoms with E-state index in [9.17, 15) is 9.59 Å². The Balaban J connectivity index is 1.59. The first-order chi connectivity index (χ1) is 10.6. The fraction of sp³-hybridized carbons (Fsp3) is 0.412. The van der Waals surface area contributed by atoms with Gasteiger partial charge >= 0.3 is 0 Å². The van der Waals surface area contributed by atoms with Gasteiger partial charge < -0.3 is 15.6 Å². The van der Waals surface area contributed by atoms with Gasteiger partial charge in [0.15, 0.2) is 0 Å². The molecule has 2 aromatic rings. The number of amides is 2. The maximum absolute atomic E-state index is 12.1. The second kappa shape index (κ2) is 6.22. The van der Waals surface area contributed by atoms with Crippen molar-refractivity contribution in [1.82, 2.24) is 15.6 Å². The van der Waals surface area contributed by atoms with Crippen LogP contribution in [0.4, 0.5) is 0 Å². The number of rotatable bonds is 4. The molecule has 116 valence electrons. The first-order valence-electron chi connectivity index (χ1n) is 7.77. The van der Waals surface area contributed by atoms with Gasteiger partial charge in [0.2, 0.25) is 11.8 Å². The smallest absolute Gasteiger partial charge is 0.232 e. The lowest BCUT2D eigenvalue weighted by atomic mass is 9.98. The van der Waals surface area contributed by atoms with E-state index in [1.807, 2.05) is 6.20 Å². The number of carbonyl (C=O) groups is 2. The van der Waals surface area contributed by atoms with E-state index in [2.05, 4.69) is 40.7 Å². The molecule has 5 heteroatoms. The average molecular weight is 299 g/mol. The lowest BCUT2D eigenvalue weighted by molar-refractivity contribution is -0.136. The molecule has 1 aromatic carbocycles. The van der Waals surface area contributed by atoms with Crippen LogP contribution in [0, 0.1) is 12.8 Å². The summed E-state index contributed by atoms with van der Waals surface area (Å²) in [6.07, 6.45) is 4.25. The Morgan fingerprint density at radius 2 is 2.27 bits per heavy atom. The topological polar surface area (TPSA) is 74.0 Å². The summed E-state index contributed by atoms with van der Waals surface area (Å²) in [5, 5.41) is 6.83. The molecule has 1 fully saturated rings. The van der Waals surface area contributed by atoms with Crippen molar-refractivity contribution >= 4 is 22.7 Å². The molecule has 1 aliphatic heterocycles. The molecule has 0 radical (unpaired) electrons. The van der Waals surface area contributed by atoms with E-state index in [1.54, 1.807) is 0 Å². The third-order valence-corrected chi connectivity index (χ3v) is 4.22. The van der Waals surface area contributed by atoms with Gasteiger partial charge in [-0.1, -0.05) is 11.6 Å². The summed E-state index contributed by atoms with van der Waals surface area (Å²) >= 11 is 0. The van der Waals surface area contributed by atoms with E-state index in [0.717, 1.165) is 18.4 Å². The quantitative estimate of drug-likeness (QED) is 0.751. The first kappa shape index (κ1) is 14.6. The van der Waals surface area contributed by atoms with E-state index >= 15 is 0 Å². The zero-order chi connectivity index (χ0) is 15.5. The molecule has 2 heterocycles. The van der Waals surface area contributed by atoms with Crippen molar-refractivity contribution in [3.63, 3.8) is 0 Å². The van der Waals surface area contributed by atoms with Crippen molar-refractivity contribution in [1.29, 1.82) is 0 Å². The molecule has 0 aliphatic carbocycles. The summed E-state index contributed by atoms with van der Waals surface area (Å²) < 4.78 is 0. The number of aromatic nitrogens is 1. The summed E-state index contributed by atoms with van der Waals surface area (Å²) in [6, 6.07) is 6.29. The number of piperidine rings is 1. The van der Waals surface area contributed by atoms with Crippen molar-refractivity contribution < 1.29 is 9.59 Å². The van der Waals surface area contributed by atoms with Gasteiger partial charge in [0.1, 0.15) is 5.92 Å². The van der Waals surface area contributed by atoms with E-state index in [4.69, 9.17) is 0 Å². The third kappa shape index (κ3) is 2.98. The predicted octanol–water partition coefficient (Wildman–Crippen LogP) is 1.66. The summed E-state index contributed by atoms with van der Waals surface area (Å²) in [7, 11) is 0. The Morgan fingerprint density at radius 1 is 1.41 bits per heavy atom. The summed E-state index contributed by atoms with van der Waals surface area (Å²) in [6.45, 7) is 3.29. The normalized spacial score (nSPS) is 18.2. The van der Waals surface area contributed by atoms with Gasteiger partial charge in [-0.05, 0) is 43.9 Å². The Kier molecular flexibility index (Phi) is 4.13. The van der Waals surface area contributed by atoms with Crippen LogP contribution >= 0.6 is 0 Å². The average Bonchev–Trinajstić information content (AvgIpc) is 2.90. The fourth-order valence-electron chi connectivity index (χ4n) is 2.96. The third-order valence-electron chi connectivity index (χ3n) is 4.22. The monoisotopic (exact) mass is 299 g/mol. The van der Waals surface area contributed by atoms with E-state index in [1.165, 1.54) is 16.5 Å². The minimum Gasteiger partial charge on any atom is -0.361 e. The molecule has 1 atom stereocenters. The van der Waals surface area contributed by atoms with Gasteiger partial charge in [0.05, 0.1) is 0 Å². The van der Waals surface area contributed by atoms with Crippen molar-refractivity contribution in [3.8, 4) is 0 Å². The Morgan fingerprint density at radius 3 is 3.09 bits per heavy atom. The van der Waals surface area contributed by atoms with Crippen LogP contribution < -0.4 is 10.6 Å². The number of hydrogen-bond acceptors (Lipinski definition) is 2. The zero-order valence-electron chi connectivity index (χ0n) is 12.7. The van der Waals surface area contributed by atoms with Crippen LogP contribution in [0.1, 0.15) is 24.0 Å². The van der Waals surface area contributed by atoms with Crippen LogP contribution in [0.15, 0.2) is 24.4 Å². The largest absolute Gasteiger partial charge is 0.361 e. The molecule has 2 amide bonds. The minimum atomic E-state index is -0.529. The van der Waals surface area contributed by atoms with Crippen molar-refractivity contribution in [2.45, 2.75) is 26.2 Å². The Labute approximate surface area is 129 Å². The molecule has 1 saturated heterocycles. The van der Waals surface area contributed by atoms with Crippen LogP contribution in [-0.2, 0) is 16.0 Å². The molecule has 3 N–H and O–H groups in total. The molecule has 5 nitrogen and oxygen atoms in total.